The first-order chi connectivity index (χ1) is 9.52. The molecule has 1 N–H and O–H groups in total. The Hall–Kier alpha value is -1.26. The Morgan fingerprint density at radius 2 is 1.95 bits per heavy atom. The molecule has 0 radical (unpaired) electrons. The van der Waals surface area contributed by atoms with Crippen molar-refractivity contribution in [2.24, 2.45) is 0 Å². The number of benzene rings is 1. The van der Waals surface area contributed by atoms with Crippen LogP contribution in [0.4, 0.5) is 0 Å². The van der Waals surface area contributed by atoms with Gasteiger partial charge in [-0.2, -0.15) is 0 Å². The molecule has 0 spiro atoms. The van der Waals surface area contributed by atoms with Crippen molar-refractivity contribution in [2.45, 2.75) is 31.8 Å². The van der Waals surface area contributed by atoms with Crippen LogP contribution in [0, 0.1) is 0 Å². The normalized spacial score (nSPS) is 19.2. The summed E-state index contributed by atoms with van der Waals surface area (Å²) in [4.78, 5) is 4.76. The van der Waals surface area contributed by atoms with Gasteiger partial charge in [-0.3, -0.25) is 4.90 Å². The van der Waals surface area contributed by atoms with Gasteiger partial charge in [0.25, 0.3) is 0 Å². The van der Waals surface area contributed by atoms with Crippen LogP contribution in [0.1, 0.15) is 31.4 Å². The van der Waals surface area contributed by atoms with E-state index in [0.29, 0.717) is 17.5 Å². The summed E-state index contributed by atoms with van der Waals surface area (Å²) in [7, 11) is 5.92. The number of piperidine rings is 1. The molecule has 1 aromatic carbocycles. The summed E-state index contributed by atoms with van der Waals surface area (Å²) in [6.45, 7) is 4.32. The maximum atomic E-state index is 10.1. The van der Waals surface area contributed by atoms with Crippen molar-refractivity contribution in [1.29, 1.82) is 0 Å². The van der Waals surface area contributed by atoms with Crippen molar-refractivity contribution in [1.82, 2.24) is 9.80 Å². The Morgan fingerprint density at radius 1 is 1.30 bits per heavy atom. The van der Waals surface area contributed by atoms with Gasteiger partial charge in [-0.25, -0.2) is 0 Å². The molecule has 1 saturated heterocycles. The van der Waals surface area contributed by atoms with Gasteiger partial charge >= 0.3 is 0 Å². The van der Waals surface area contributed by atoms with Crippen molar-refractivity contribution in [2.75, 3.05) is 34.3 Å². The zero-order valence-electron chi connectivity index (χ0n) is 13.0. The number of nitrogens with zero attached hydrogens (tertiary/aromatic N) is 2. The van der Waals surface area contributed by atoms with Crippen molar-refractivity contribution in [3.63, 3.8) is 0 Å². The molecule has 1 aliphatic heterocycles. The van der Waals surface area contributed by atoms with Crippen LogP contribution < -0.4 is 4.74 Å². The van der Waals surface area contributed by atoms with E-state index in [-0.39, 0.29) is 6.04 Å². The standard InChI is InChI=1S/C16H26N2O2/c1-12(15-6-5-14(20-4)11-16(15)19)18-9-7-13(8-10-18)17(2)3/h5-6,11-13,19H,7-10H2,1-4H3. The van der Waals surface area contributed by atoms with Crippen LogP contribution in [0.5, 0.6) is 11.5 Å². The minimum Gasteiger partial charge on any atom is -0.507 e. The summed E-state index contributed by atoms with van der Waals surface area (Å²) in [6, 6.07) is 6.50. The maximum Gasteiger partial charge on any atom is 0.124 e. The largest absolute Gasteiger partial charge is 0.507 e. The molecule has 2 rings (SSSR count). The molecule has 0 aromatic heterocycles. The third-order valence-electron chi connectivity index (χ3n) is 4.46. The van der Waals surface area contributed by atoms with Crippen LogP contribution in [-0.2, 0) is 0 Å². The van der Waals surface area contributed by atoms with Crippen LogP contribution in [0.2, 0.25) is 0 Å². The van der Waals surface area contributed by atoms with Crippen LogP contribution in [0.25, 0.3) is 0 Å². The van der Waals surface area contributed by atoms with Gasteiger partial charge in [-0.15, -0.1) is 0 Å². The summed E-state index contributed by atoms with van der Waals surface area (Å²) >= 11 is 0. The molecule has 4 heteroatoms. The smallest absolute Gasteiger partial charge is 0.124 e. The fraction of sp³-hybridized carbons (Fsp3) is 0.625. The molecular formula is C16H26N2O2. The first-order valence-electron chi connectivity index (χ1n) is 7.30. The van der Waals surface area contributed by atoms with Gasteiger partial charge in [0.15, 0.2) is 0 Å². The van der Waals surface area contributed by atoms with Crippen molar-refractivity contribution >= 4 is 0 Å². The Labute approximate surface area is 122 Å². The highest BCUT2D eigenvalue weighted by Gasteiger charge is 2.25. The van der Waals surface area contributed by atoms with E-state index in [1.807, 2.05) is 12.1 Å². The van der Waals surface area contributed by atoms with E-state index in [1.54, 1.807) is 13.2 Å². The average molecular weight is 278 g/mol. The van der Waals surface area contributed by atoms with E-state index in [1.165, 1.54) is 12.8 Å². The predicted octanol–water partition coefficient (Wildman–Crippen LogP) is 2.49. The third kappa shape index (κ3) is 3.25. The molecule has 1 heterocycles. The summed E-state index contributed by atoms with van der Waals surface area (Å²) in [6.07, 6.45) is 2.38. The van der Waals surface area contributed by atoms with Crippen LogP contribution >= 0.6 is 0 Å². The number of ether oxygens (including phenoxy) is 1. The second-order valence-electron chi connectivity index (χ2n) is 5.83. The Morgan fingerprint density at radius 3 is 2.45 bits per heavy atom. The lowest BCUT2D eigenvalue weighted by Crippen LogP contribution is -2.42. The quantitative estimate of drug-likeness (QED) is 0.918. The topological polar surface area (TPSA) is 35.9 Å². The second kappa shape index (κ2) is 6.46. The second-order valence-corrected chi connectivity index (χ2v) is 5.83. The lowest BCUT2D eigenvalue weighted by molar-refractivity contribution is 0.114. The predicted molar refractivity (Wildman–Crippen MR) is 81.4 cm³/mol. The van der Waals surface area contributed by atoms with Crippen LogP contribution in [0.3, 0.4) is 0 Å². The summed E-state index contributed by atoms with van der Waals surface area (Å²) in [5.74, 6) is 1.02. The molecule has 1 aromatic rings. The molecule has 20 heavy (non-hydrogen) atoms. The van der Waals surface area contributed by atoms with Gasteiger partial charge in [-0.05, 0) is 39.9 Å². The van der Waals surface area contributed by atoms with Crippen molar-refractivity contribution < 1.29 is 9.84 Å². The molecular weight excluding hydrogens is 252 g/mol. The van der Waals surface area contributed by atoms with E-state index in [0.717, 1.165) is 18.7 Å². The molecule has 1 unspecified atom stereocenters. The first-order valence-corrected chi connectivity index (χ1v) is 7.30. The van der Waals surface area contributed by atoms with E-state index in [2.05, 4.69) is 30.8 Å². The Balaban J connectivity index is 2.03. The minimum absolute atomic E-state index is 0.240. The fourth-order valence-corrected chi connectivity index (χ4v) is 2.99. The SMILES string of the molecule is COc1ccc(C(C)N2CCC(N(C)C)CC2)c(O)c1. The molecule has 0 saturated carbocycles. The molecule has 112 valence electrons. The molecule has 1 atom stereocenters. The number of aromatic hydroxyl groups is 1. The zero-order chi connectivity index (χ0) is 14.7. The monoisotopic (exact) mass is 278 g/mol. The van der Waals surface area contributed by atoms with Crippen LogP contribution in [0.15, 0.2) is 18.2 Å². The third-order valence-corrected chi connectivity index (χ3v) is 4.46. The molecule has 0 aliphatic carbocycles. The van der Waals surface area contributed by atoms with Gasteiger partial charge in [0.2, 0.25) is 0 Å². The summed E-state index contributed by atoms with van der Waals surface area (Å²) < 4.78 is 5.14. The average Bonchev–Trinajstić information content (AvgIpc) is 2.46. The van der Waals surface area contributed by atoms with Gasteiger partial charge in [-0.1, -0.05) is 6.07 Å². The van der Waals surface area contributed by atoms with Crippen molar-refractivity contribution in [3.05, 3.63) is 23.8 Å². The lowest BCUT2D eigenvalue weighted by atomic mass is 9.99. The van der Waals surface area contributed by atoms with E-state index < -0.39 is 0 Å². The Bertz CT molecular complexity index is 440. The molecule has 0 amide bonds. The van der Waals surface area contributed by atoms with E-state index in [4.69, 9.17) is 4.74 Å². The molecule has 4 nitrogen and oxygen atoms in total. The number of phenols is 1. The fourth-order valence-electron chi connectivity index (χ4n) is 2.99. The van der Waals surface area contributed by atoms with Crippen LogP contribution in [-0.4, -0.2) is 55.2 Å². The van der Waals surface area contributed by atoms with Gasteiger partial charge in [0.1, 0.15) is 11.5 Å². The zero-order valence-corrected chi connectivity index (χ0v) is 13.0. The molecule has 1 fully saturated rings. The van der Waals surface area contributed by atoms with E-state index in [9.17, 15) is 5.11 Å². The summed E-state index contributed by atoms with van der Waals surface area (Å²) in [5.41, 5.74) is 0.981. The number of phenolic OH excluding ortho intramolecular Hbond substituents is 1. The highest BCUT2D eigenvalue weighted by Crippen LogP contribution is 2.33. The number of likely N-dealkylation sites (tertiary alicyclic amines) is 1. The number of hydrogen-bond donors (Lipinski definition) is 1. The number of methoxy groups -OCH3 is 1. The molecule has 0 bridgehead atoms. The van der Waals surface area contributed by atoms with Gasteiger partial charge in [0.05, 0.1) is 7.11 Å². The highest BCUT2D eigenvalue weighted by atomic mass is 16.5. The van der Waals surface area contributed by atoms with E-state index >= 15 is 0 Å². The highest BCUT2D eigenvalue weighted by molar-refractivity contribution is 5.41. The lowest BCUT2D eigenvalue weighted by Gasteiger charge is -2.38. The van der Waals surface area contributed by atoms with Crippen molar-refractivity contribution in [3.8, 4) is 11.5 Å². The number of rotatable bonds is 4. The number of hydrogen-bond acceptors (Lipinski definition) is 4. The maximum absolute atomic E-state index is 10.1. The summed E-state index contributed by atoms with van der Waals surface area (Å²) in [5, 5.41) is 10.1. The minimum atomic E-state index is 0.240. The van der Waals surface area contributed by atoms with Gasteiger partial charge in [0, 0.05) is 36.8 Å². The van der Waals surface area contributed by atoms with Gasteiger partial charge < -0.3 is 14.7 Å². The molecule has 1 aliphatic rings. The Kier molecular flexibility index (Phi) is 4.89. The first kappa shape index (κ1) is 15.1.